The van der Waals surface area contributed by atoms with Gasteiger partial charge in [0.15, 0.2) is 0 Å². The number of hydrogen-bond donors (Lipinski definition) is 1. The zero-order valence-corrected chi connectivity index (χ0v) is 24.9. The third kappa shape index (κ3) is 10.5. The van der Waals surface area contributed by atoms with E-state index in [0.717, 1.165) is 17.2 Å². The van der Waals surface area contributed by atoms with Gasteiger partial charge in [-0.05, 0) is 60.9 Å². The Morgan fingerprint density at radius 3 is 2.44 bits per heavy atom. The van der Waals surface area contributed by atoms with Crippen molar-refractivity contribution in [1.82, 2.24) is 0 Å². The van der Waals surface area contributed by atoms with Crippen LogP contribution in [0.3, 0.4) is 0 Å². The van der Waals surface area contributed by atoms with Crippen molar-refractivity contribution < 1.29 is 37.7 Å². The minimum Gasteiger partial charge on any atom is -0.497 e. The molecule has 0 saturated heterocycles. The molecule has 2 aromatic rings. The first-order chi connectivity index (χ1) is 20.6. The molecule has 3 rings (SSSR count). The molecule has 8 heteroatoms. The molecular formula is C35H42F2O6. The molecule has 1 aliphatic carbocycles. The number of halogens is 2. The van der Waals surface area contributed by atoms with E-state index < -0.39 is 42.0 Å². The molecule has 0 spiro atoms. The van der Waals surface area contributed by atoms with Crippen LogP contribution in [-0.2, 0) is 32.1 Å². The average Bonchev–Trinajstić information content (AvgIpc) is 3.31. The number of ketones is 2. The summed E-state index contributed by atoms with van der Waals surface area (Å²) in [6.45, 7) is 1.99. The van der Waals surface area contributed by atoms with Crippen LogP contribution in [0.2, 0.25) is 0 Å². The number of aliphatic carboxylic acids is 1. The Hall–Kier alpha value is -3.65. The van der Waals surface area contributed by atoms with Gasteiger partial charge >= 0.3 is 11.9 Å². The molecule has 2 aromatic carbocycles. The van der Waals surface area contributed by atoms with Gasteiger partial charge in [0.2, 0.25) is 5.78 Å². The number of rotatable bonds is 18. The average molecular weight is 597 g/mol. The lowest BCUT2D eigenvalue weighted by atomic mass is 9.78. The molecule has 43 heavy (non-hydrogen) atoms. The SMILES string of the molecule is CCCCC(F)(F)C(=O)C=C[C@H]1[C@@H](C(C=CCCCC(=O)O)Cc2ccccc2)C(=O)C[C@H]1OCc1ccc(OC)cc1. The van der Waals surface area contributed by atoms with Crippen LogP contribution in [-0.4, -0.2) is 41.8 Å². The molecule has 1 saturated carbocycles. The van der Waals surface area contributed by atoms with Crippen molar-refractivity contribution in [2.45, 2.75) is 76.9 Å². The molecule has 0 amide bonds. The summed E-state index contributed by atoms with van der Waals surface area (Å²) in [7, 11) is 1.58. The molecule has 0 aliphatic heterocycles. The summed E-state index contributed by atoms with van der Waals surface area (Å²) < 4.78 is 40.6. The van der Waals surface area contributed by atoms with E-state index in [1.54, 1.807) is 26.2 Å². The quantitative estimate of drug-likeness (QED) is 0.110. The highest BCUT2D eigenvalue weighted by Gasteiger charge is 2.45. The number of benzene rings is 2. The number of carboxylic acids is 1. The lowest BCUT2D eigenvalue weighted by molar-refractivity contribution is -0.138. The molecule has 0 aromatic heterocycles. The maximum atomic E-state index is 14.6. The van der Waals surface area contributed by atoms with Crippen molar-refractivity contribution in [3.8, 4) is 5.75 Å². The number of allylic oxidation sites excluding steroid dienone is 3. The van der Waals surface area contributed by atoms with E-state index in [0.29, 0.717) is 31.4 Å². The van der Waals surface area contributed by atoms with Crippen molar-refractivity contribution in [3.63, 3.8) is 0 Å². The van der Waals surface area contributed by atoms with E-state index in [2.05, 4.69) is 0 Å². The smallest absolute Gasteiger partial charge is 0.309 e. The second-order valence-corrected chi connectivity index (χ2v) is 11.1. The Balaban J connectivity index is 1.90. The van der Waals surface area contributed by atoms with E-state index in [1.165, 1.54) is 6.08 Å². The predicted octanol–water partition coefficient (Wildman–Crippen LogP) is 7.41. The number of carbonyl (C=O) groups excluding carboxylic acids is 2. The van der Waals surface area contributed by atoms with Crippen LogP contribution < -0.4 is 4.74 Å². The van der Waals surface area contributed by atoms with Gasteiger partial charge in [-0.15, -0.1) is 0 Å². The highest BCUT2D eigenvalue weighted by molar-refractivity contribution is 5.96. The zero-order chi connectivity index (χ0) is 31.2. The summed E-state index contributed by atoms with van der Waals surface area (Å²) >= 11 is 0. The number of ether oxygens (including phenoxy) is 2. The zero-order valence-electron chi connectivity index (χ0n) is 24.9. The van der Waals surface area contributed by atoms with Crippen LogP contribution in [0.1, 0.15) is 63.0 Å². The molecule has 0 heterocycles. The Kier molecular flexibility index (Phi) is 13.3. The first-order valence-corrected chi connectivity index (χ1v) is 14.9. The number of carbonyl (C=O) groups is 3. The summed E-state index contributed by atoms with van der Waals surface area (Å²) in [6, 6.07) is 17.0. The Morgan fingerprint density at radius 2 is 1.79 bits per heavy atom. The van der Waals surface area contributed by atoms with Gasteiger partial charge in [0, 0.05) is 31.1 Å². The Labute approximate surface area is 252 Å². The number of carboxylic acid groups (broad SMARTS) is 1. The second-order valence-electron chi connectivity index (χ2n) is 11.1. The van der Waals surface area contributed by atoms with Gasteiger partial charge in [-0.1, -0.05) is 74.0 Å². The van der Waals surface area contributed by atoms with Crippen molar-refractivity contribution >= 4 is 17.5 Å². The molecule has 1 fully saturated rings. The molecule has 1 unspecified atom stereocenters. The summed E-state index contributed by atoms with van der Waals surface area (Å²) in [4.78, 5) is 37.1. The molecule has 0 bridgehead atoms. The molecule has 4 atom stereocenters. The van der Waals surface area contributed by atoms with Crippen LogP contribution in [0.25, 0.3) is 0 Å². The largest absolute Gasteiger partial charge is 0.497 e. The van der Waals surface area contributed by atoms with Gasteiger partial charge in [0.25, 0.3) is 0 Å². The molecule has 1 aliphatic rings. The maximum Gasteiger partial charge on any atom is 0.309 e. The lowest BCUT2D eigenvalue weighted by Gasteiger charge is -2.27. The van der Waals surface area contributed by atoms with E-state index in [4.69, 9.17) is 14.6 Å². The van der Waals surface area contributed by atoms with E-state index >= 15 is 0 Å². The first-order valence-electron chi connectivity index (χ1n) is 14.9. The predicted molar refractivity (Wildman–Crippen MR) is 161 cm³/mol. The molecule has 1 N–H and O–H groups in total. The first kappa shape index (κ1) is 33.8. The van der Waals surface area contributed by atoms with E-state index in [-0.39, 0.29) is 37.6 Å². The molecule has 232 valence electrons. The summed E-state index contributed by atoms with van der Waals surface area (Å²) in [5.41, 5.74) is 1.86. The van der Waals surface area contributed by atoms with Crippen LogP contribution in [0.15, 0.2) is 78.9 Å². The van der Waals surface area contributed by atoms with Gasteiger partial charge in [0.1, 0.15) is 11.5 Å². The highest BCUT2D eigenvalue weighted by atomic mass is 19.3. The van der Waals surface area contributed by atoms with Crippen molar-refractivity contribution in [3.05, 3.63) is 90.0 Å². The topological polar surface area (TPSA) is 89.9 Å². The van der Waals surface area contributed by atoms with Gasteiger partial charge in [-0.25, -0.2) is 0 Å². The standard InChI is InChI=1S/C35H42F2O6/c1-3-4-21-35(36,37)32(39)20-19-29-31(43-24-26-15-17-28(42-2)18-16-26)23-30(38)34(29)27(13-9-6-10-14-33(40)41)22-25-11-7-5-8-12-25/h5,7-9,11-13,15-20,27,29,31,34H,3-4,6,10,14,21-24H2,1-2H3,(H,40,41)/t27?,29-,31-,34-/m1/s1. The summed E-state index contributed by atoms with van der Waals surface area (Å²) in [6.07, 6.45) is 7.50. The fourth-order valence-corrected chi connectivity index (χ4v) is 5.46. The van der Waals surface area contributed by atoms with Crippen LogP contribution in [0, 0.1) is 17.8 Å². The van der Waals surface area contributed by atoms with Crippen molar-refractivity contribution in [1.29, 1.82) is 0 Å². The summed E-state index contributed by atoms with van der Waals surface area (Å²) in [5.74, 6) is -6.49. The van der Waals surface area contributed by atoms with Gasteiger partial charge in [-0.3, -0.25) is 14.4 Å². The number of hydrogen-bond acceptors (Lipinski definition) is 5. The third-order valence-electron chi connectivity index (χ3n) is 7.84. The summed E-state index contributed by atoms with van der Waals surface area (Å²) in [5, 5.41) is 8.98. The number of alkyl halides is 2. The monoisotopic (exact) mass is 596 g/mol. The van der Waals surface area contributed by atoms with E-state index in [9.17, 15) is 23.2 Å². The van der Waals surface area contributed by atoms with Crippen LogP contribution in [0.5, 0.6) is 5.75 Å². The molecular weight excluding hydrogens is 554 g/mol. The van der Waals surface area contributed by atoms with Crippen LogP contribution >= 0.6 is 0 Å². The lowest BCUT2D eigenvalue weighted by Crippen LogP contribution is -2.30. The third-order valence-corrected chi connectivity index (χ3v) is 7.84. The number of unbranched alkanes of at least 4 members (excludes halogenated alkanes) is 2. The van der Waals surface area contributed by atoms with Gasteiger partial charge < -0.3 is 14.6 Å². The Bertz CT molecular complexity index is 1240. The fraction of sp³-hybridized carbons (Fsp3) is 0.457. The van der Waals surface area contributed by atoms with Crippen molar-refractivity contribution in [2.24, 2.45) is 17.8 Å². The number of methoxy groups -OCH3 is 1. The van der Waals surface area contributed by atoms with Gasteiger partial charge in [-0.2, -0.15) is 8.78 Å². The normalized spacial score (nSPS) is 19.7. The van der Waals surface area contributed by atoms with Crippen molar-refractivity contribution in [2.75, 3.05) is 7.11 Å². The molecule has 0 radical (unpaired) electrons. The van der Waals surface area contributed by atoms with Crippen LogP contribution in [0.4, 0.5) is 8.78 Å². The van der Waals surface area contributed by atoms with Gasteiger partial charge in [0.05, 0.1) is 19.8 Å². The minimum atomic E-state index is -3.47. The highest BCUT2D eigenvalue weighted by Crippen LogP contribution is 2.40. The Morgan fingerprint density at radius 1 is 1.07 bits per heavy atom. The fourth-order valence-electron chi connectivity index (χ4n) is 5.46. The minimum absolute atomic E-state index is 0.0387. The molecule has 6 nitrogen and oxygen atoms in total. The maximum absolute atomic E-state index is 14.6. The second kappa shape index (κ2) is 16.8. The van der Waals surface area contributed by atoms with E-state index in [1.807, 2.05) is 54.6 Å². The number of Topliss-reactive ketones (excluding diaryl/α,β-unsaturated/α-hetero) is 1.